The van der Waals surface area contributed by atoms with E-state index in [4.69, 9.17) is 4.74 Å². The second-order valence-corrected chi connectivity index (χ2v) is 5.52. The van der Waals surface area contributed by atoms with Gasteiger partial charge in [-0.3, -0.25) is 0 Å². The molecule has 1 N–H and O–H groups in total. The SMILES string of the molecule is CC(C)CNCc1cncn1CCOCCN(C)C. The van der Waals surface area contributed by atoms with Crippen molar-refractivity contribution in [3.63, 3.8) is 0 Å². The van der Waals surface area contributed by atoms with Gasteiger partial charge in [0.2, 0.25) is 0 Å². The van der Waals surface area contributed by atoms with Crippen molar-refractivity contribution in [1.82, 2.24) is 19.8 Å². The van der Waals surface area contributed by atoms with Crippen molar-refractivity contribution in [2.24, 2.45) is 5.92 Å². The van der Waals surface area contributed by atoms with Crippen molar-refractivity contribution in [3.8, 4) is 0 Å². The summed E-state index contributed by atoms with van der Waals surface area (Å²) in [6.07, 6.45) is 3.80. The third kappa shape index (κ3) is 7.30. The van der Waals surface area contributed by atoms with Crippen molar-refractivity contribution < 1.29 is 4.74 Å². The van der Waals surface area contributed by atoms with Gasteiger partial charge in [-0.25, -0.2) is 4.98 Å². The van der Waals surface area contributed by atoms with Gasteiger partial charge >= 0.3 is 0 Å². The minimum absolute atomic E-state index is 0.672. The van der Waals surface area contributed by atoms with E-state index in [1.54, 1.807) is 0 Å². The monoisotopic (exact) mass is 268 g/mol. The van der Waals surface area contributed by atoms with E-state index < -0.39 is 0 Å². The number of likely N-dealkylation sites (N-methyl/N-ethyl adjacent to an activating group) is 1. The molecule has 0 bridgehead atoms. The predicted molar refractivity (Wildman–Crippen MR) is 78.1 cm³/mol. The maximum Gasteiger partial charge on any atom is 0.0949 e. The highest BCUT2D eigenvalue weighted by Gasteiger charge is 2.02. The van der Waals surface area contributed by atoms with E-state index in [1.807, 2.05) is 12.5 Å². The fraction of sp³-hybridized carbons (Fsp3) is 0.786. The molecule has 0 unspecified atom stereocenters. The number of rotatable bonds is 10. The lowest BCUT2D eigenvalue weighted by Crippen LogP contribution is -2.22. The van der Waals surface area contributed by atoms with Gasteiger partial charge in [-0.1, -0.05) is 13.8 Å². The van der Waals surface area contributed by atoms with Crippen molar-refractivity contribution >= 4 is 0 Å². The van der Waals surface area contributed by atoms with Crippen LogP contribution in [0.15, 0.2) is 12.5 Å². The molecule has 0 aliphatic rings. The smallest absolute Gasteiger partial charge is 0.0949 e. The Morgan fingerprint density at radius 3 is 2.84 bits per heavy atom. The first-order valence-corrected chi connectivity index (χ1v) is 7.01. The van der Waals surface area contributed by atoms with Gasteiger partial charge in [0.05, 0.1) is 25.2 Å². The van der Waals surface area contributed by atoms with Crippen LogP contribution in [0.2, 0.25) is 0 Å². The largest absolute Gasteiger partial charge is 0.378 e. The van der Waals surface area contributed by atoms with E-state index in [2.05, 4.69) is 47.7 Å². The molecule has 0 atom stereocenters. The lowest BCUT2D eigenvalue weighted by Gasteiger charge is -2.12. The molecule has 0 aromatic carbocycles. The molecule has 5 nitrogen and oxygen atoms in total. The second-order valence-electron chi connectivity index (χ2n) is 5.52. The Balaban J connectivity index is 2.21. The highest BCUT2D eigenvalue weighted by atomic mass is 16.5. The lowest BCUT2D eigenvalue weighted by atomic mass is 10.2. The Morgan fingerprint density at radius 2 is 2.16 bits per heavy atom. The summed E-state index contributed by atoms with van der Waals surface area (Å²) >= 11 is 0. The number of imidazole rings is 1. The first-order valence-electron chi connectivity index (χ1n) is 7.01. The molecule has 0 saturated heterocycles. The first kappa shape index (κ1) is 16.1. The highest BCUT2D eigenvalue weighted by Crippen LogP contribution is 2.00. The van der Waals surface area contributed by atoms with Gasteiger partial charge in [-0.05, 0) is 26.6 Å². The molecule has 0 fully saturated rings. The van der Waals surface area contributed by atoms with E-state index in [1.165, 1.54) is 5.69 Å². The fourth-order valence-electron chi connectivity index (χ4n) is 1.70. The van der Waals surface area contributed by atoms with Crippen molar-refractivity contribution in [1.29, 1.82) is 0 Å². The summed E-state index contributed by atoms with van der Waals surface area (Å²) in [5.41, 5.74) is 1.22. The molecule has 0 aliphatic carbocycles. The van der Waals surface area contributed by atoms with Gasteiger partial charge in [0.1, 0.15) is 0 Å². The zero-order valence-corrected chi connectivity index (χ0v) is 12.7. The number of hydrogen-bond acceptors (Lipinski definition) is 4. The quantitative estimate of drug-likeness (QED) is 0.648. The normalized spacial score (nSPS) is 11.7. The van der Waals surface area contributed by atoms with Crippen LogP contribution in [-0.2, 0) is 17.8 Å². The Hall–Kier alpha value is -0.910. The summed E-state index contributed by atoms with van der Waals surface area (Å²) in [6.45, 7) is 9.68. The Labute approximate surface area is 117 Å². The van der Waals surface area contributed by atoms with Crippen molar-refractivity contribution in [2.45, 2.75) is 26.9 Å². The number of ether oxygens (including phenoxy) is 1. The summed E-state index contributed by atoms with van der Waals surface area (Å²) in [5, 5.41) is 3.44. The maximum absolute atomic E-state index is 5.60. The summed E-state index contributed by atoms with van der Waals surface area (Å²) in [4.78, 5) is 6.33. The van der Waals surface area contributed by atoms with Crippen LogP contribution in [0.3, 0.4) is 0 Å². The van der Waals surface area contributed by atoms with E-state index in [-0.39, 0.29) is 0 Å². The Morgan fingerprint density at radius 1 is 1.37 bits per heavy atom. The van der Waals surface area contributed by atoms with Crippen LogP contribution in [-0.4, -0.2) is 54.8 Å². The summed E-state index contributed by atoms with van der Waals surface area (Å²) in [6, 6.07) is 0. The zero-order chi connectivity index (χ0) is 14.1. The third-order valence-electron chi connectivity index (χ3n) is 2.82. The molecule has 1 heterocycles. The highest BCUT2D eigenvalue weighted by molar-refractivity contribution is 4.97. The molecule has 0 radical (unpaired) electrons. The van der Waals surface area contributed by atoms with Crippen LogP contribution in [0.25, 0.3) is 0 Å². The zero-order valence-electron chi connectivity index (χ0n) is 12.7. The molecule has 0 aliphatic heterocycles. The Bertz CT molecular complexity index is 336. The number of nitrogens with one attached hydrogen (secondary N) is 1. The van der Waals surface area contributed by atoms with E-state index in [0.29, 0.717) is 5.92 Å². The third-order valence-corrected chi connectivity index (χ3v) is 2.82. The molecule has 0 saturated carbocycles. The van der Waals surface area contributed by atoms with Crippen LogP contribution in [0, 0.1) is 5.92 Å². The minimum Gasteiger partial charge on any atom is -0.378 e. The molecule has 1 rings (SSSR count). The van der Waals surface area contributed by atoms with Crippen LogP contribution in [0.5, 0.6) is 0 Å². The average Bonchev–Trinajstić information content (AvgIpc) is 2.75. The van der Waals surface area contributed by atoms with E-state index >= 15 is 0 Å². The Kier molecular flexibility index (Phi) is 7.70. The van der Waals surface area contributed by atoms with Gasteiger partial charge in [0.25, 0.3) is 0 Å². The van der Waals surface area contributed by atoms with Gasteiger partial charge < -0.3 is 19.5 Å². The second kappa shape index (κ2) is 9.07. The molecular formula is C14H28N4O. The van der Waals surface area contributed by atoms with Gasteiger partial charge in [0.15, 0.2) is 0 Å². The molecule has 19 heavy (non-hydrogen) atoms. The molecule has 1 aromatic heterocycles. The van der Waals surface area contributed by atoms with Crippen LogP contribution < -0.4 is 5.32 Å². The standard InChI is InChI=1S/C14H28N4O/c1-13(2)9-15-10-14-11-16-12-18(14)6-8-19-7-5-17(3)4/h11-13,15H,5-10H2,1-4H3. The van der Waals surface area contributed by atoms with Crippen LogP contribution in [0.4, 0.5) is 0 Å². The predicted octanol–water partition coefficient (Wildman–Crippen LogP) is 1.21. The van der Waals surface area contributed by atoms with Gasteiger partial charge in [-0.15, -0.1) is 0 Å². The summed E-state index contributed by atoms with van der Waals surface area (Å²) in [7, 11) is 4.11. The van der Waals surface area contributed by atoms with Crippen LogP contribution in [0.1, 0.15) is 19.5 Å². The summed E-state index contributed by atoms with van der Waals surface area (Å²) in [5.74, 6) is 0.672. The van der Waals surface area contributed by atoms with Gasteiger partial charge in [-0.2, -0.15) is 0 Å². The fourth-order valence-corrected chi connectivity index (χ4v) is 1.70. The number of hydrogen-bond donors (Lipinski definition) is 1. The lowest BCUT2D eigenvalue weighted by molar-refractivity contribution is 0.110. The van der Waals surface area contributed by atoms with Crippen LogP contribution >= 0.6 is 0 Å². The van der Waals surface area contributed by atoms with E-state index in [0.717, 1.165) is 39.4 Å². The topological polar surface area (TPSA) is 42.3 Å². The number of aromatic nitrogens is 2. The van der Waals surface area contributed by atoms with E-state index in [9.17, 15) is 0 Å². The molecular weight excluding hydrogens is 240 g/mol. The number of nitrogens with zero attached hydrogens (tertiary/aromatic N) is 3. The molecule has 110 valence electrons. The maximum atomic E-state index is 5.60. The molecule has 0 amide bonds. The molecule has 1 aromatic rings. The van der Waals surface area contributed by atoms with Crippen molar-refractivity contribution in [3.05, 3.63) is 18.2 Å². The summed E-state index contributed by atoms with van der Waals surface area (Å²) < 4.78 is 7.76. The first-order chi connectivity index (χ1) is 9.09. The molecule has 5 heteroatoms. The van der Waals surface area contributed by atoms with Gasteiger partial charge in [0, 0.05) is 25.8 Å². The average molecular weight is 268 g/mol. The van der Waals surface area contributed by atoms with Crippen molar-refractivity contribution in [2.75, 3.05) is 40.4 Å². The minimum atomic E-state index is 0.672. The molecule has 0 spiro atoms.